The van der Waals surface area contributed by atoms with Gasteiger partial charge in [-0.25, -0.2) is 4.98 Å². The van der Waals surface area contributed by atoms with Gasteiger partial charge in [0.1, 0.15) is 10.3 Å². The summed E-state index contributed by atoms with van der Waals surface area (Å²) in [5, 5.41) is 0. The van der Waals surface area contributed by atoms with E-state index >= 15 is 0 Å². The van der Waals surface area contributed by atoms with Crippen molar-refractivity contribution in [1.82, 2.24) is 9.97 Å². The summed E-state index contributed by atoms with van der Waals surface area (Å²) in [5.74, 6) is -0.0698. The zero-order chi connectivity index (χ0) is 15.6. The summed E-state index contributed by atoms with van der Waals surface area (Å²) < 4.78 is 39.4. The highest BCUT2D eigenvalue weighted by atomic mass is 79.9. The van der Waals surface area contributed by atoms with Gasteiger partial charge in [0.25, 0.3) is 5.56 Å². The van der Waals surface area contributed by atoms with E-state index < -0.39 is 17.3 Å². The number of hydrogen-bond acceptors (Lipinski definition) is 2. The first kappa shape index (κ1) is 15.8. The van der Waals surface area contributed by atoms with Crippen molar-refractivity contribution < 1.29 is 13.2 Å². The highest BCUT2D eigenvalue weighted by Gasteiger charge is 2.34. The number of hydrogen-bond donors (Lipinski definition) is 1. The van der Waals surface area contributed by atoms with Gasteiger partial charge in [-0.05, 0) is 28.4 Å². The van der Waals surface area contributed by atoms with E-state index in [4.69, 9.17) is 0 Å². The number of alkyl halides is 3. The van der Waals surface area contributed by atoms with E-state index in [1.54, 1.807) is 0 Å². The lowest BCUT2D eigenvalue weighted by Gasteiger charge is -2.13. The molecular weight excluding hydrogens is 349 g/mol. The summed E-state index contributed by atoms with van der Waals surface area (Å²) in [6.45, 7) is 1.90. The number of nitrogens with zero attached hydrogens (tertiary/aromatic N) is 1. The number of halogens is 4. The van der Waals surface area contributed by atoms with Crippen LogP contribution in [0.3, 0.4) is 0 Å². The highest BCUT2D eigenvalue weighted by Crippen LogP contribution is 2.35. The molecule has 1 aromatic carbocycles. The van der Waals surface area contributed by atoms with E-state index in [-0.39, 0.29) is 15.9 Å². The van der Waals surface area contributed by atoms with Crippen LogP contribution < -0.4 is 5.56 Å². The van der Waals surface area contributed by atoms with Gasteiger partial charge in [-0.3, -0.25) is 4.79 Å². The molecule has 1 N–H and O–H groups in total. The summed E-state index contributed by atoms with van der Waals surface area (Å²) in [4.78, 5) is 18.4. The number of rotatable bonds is 3. The van der Waals surface area contributed by atoms with Crippen LogP contribution in [-0.2, 0) is 12.6 Å². The molecular formula is C14H12BrF3N2O. The van der Waals surface area contributed by atoms with Gasteiger partial charge in [0.05, 0.1) is 11.3 Å². The molecule has 0 bridgehead atoms. The van der Waals surface area contributed by atoms with Crippen molar-refractivity contribution in [2.75, 3.05) is 0 Å². The van der Waals surface area contributed by atoms with Gasteiger partial charge in [0.2, 0.25) is 0 Å². The molecule has 1 heterocycles. The average Bonchev–Trinajstić information content (AvgIpc) is 2.43. The Morgan fingerprint density at radius 3 is 2.57 bits per heavy atom. The average molecular weight is 361 g/mol. The molecule has 0 aliphatic heterocycles. The first-order chi connectivity index (χ1) is 9.84. The Morgan fingerprint density at radius 2 is 1.95 bits per heavy atom. The van der Waals surface area contributed by atoms with Crippen LogP contribution in [0.4, 0.5) is 13.2 Å². The minimum atomic E-state index is -4.51. The first-order valence-electron chi connectivity index (χ1n) is 6.30. The molecule has 1 aromatic heterocycles. The Balaban J connectivity index is 2.66. The molecule has 0 radical (unpaired) electrons. The fourth-order valence-corrected chi connectivity index (χ4v) is 2.36. The number of H-pyrrole nitrogens is 1. The van der Waals surface area contributed by atoms with Crippen LogP contribution in [0.2, 0.25) is 0 Å². The molecule has 0 atom stereocenters. The van der Waals surface area contributed by atoms with Crippen LogP contribution in [0, 0.1) is 0 Å². The molecule has 21 heavy (non-hydrogen) atoms. The van der Waals surface area contributed by atoms with Crippen molar-refractivity contribution in [3.8, 4) is 11.4 Å². The molecule has 0 aliphatic carbocycles. The smallest absolute Gasteiger partial charge is 0.306 e. The second kappa shape index (κ2) is 6.01. The van der Waals surface area contributed by atoms with Gasteiger partial charge < -0.3 is 4.98 Å². The van der Waals surface area contributed by atoms with Crippen LogP contribution in [0.5, 0.6) is 0 Å². The van der Waals surface area contributed by atoms with Crippen molar-refractivity contribution in [3.05, 3.63) is 50.3 Å². The molecule has 0 amide bonds. The summed E-state index contributed by atoms with van der Waals surface area (Å²) >= 11 is 3.12. The third kappa shape index (κ3) is 3.34. The zero-order valence-corrected chi connectivity index (χ0v) is 12.7. The molecule has 0 saturated heterocycles. The predicted octanol–water partition coefficient (Wildman–Crippen LogP) is 4.17. The first-order valence-corrected chi connectivity index (χ1v) is 7.09. The minimum absolute atomic E-state index is 0.0698. The SMILES string of the molecule is CCCc1nc(-c2ccccc2C(F)(F)F)[nH]c(=O)c1Br. The summed E-state index contributed by atoms with van der Waals surface area (Å²) in [6.07, 6.45) is -3.27. The quantitative estimate of drug-likeness (QED) is 0.892. The molecule has 0 saturated carbocycles. The third-order valence-corrected chi connectivity index (χ3v) is 3.72. The maximum atomic E-state index is 13.0. The van der Waals surface area contributed by atoms with Gasteiger partial charge in [-0.2, -0.15) is 13.2 Å². The van der Waals surface area contributed by atoms with E-state index in [0.717, 1.165) is 12.5 Å². The molecule has 3 nitrogen and oxygen atoms in total. The van der Waals surface area contributed by atoms with Crippen molar-refractivity contribution in [3.63, 3.8) is 0 Å². The number of benzene rings is 1. The monoisotopic (exact) mass is 360 g/mol. The fraction of sp³-hybridized carbons (Fsp3) is 0.286. The summed E-state index contributed by atoms with van der Waals surface area (Å²) in [7, 11) is 0. The van der Waals surface area contributed by atoms with Crippen LogP contribution in [-0.4, -0.2) is 9.97 Å². The minimum Gasteiger partial charge on any atom is -0.306 e. The van der Waals surface area contributed by atoms with Crippen molar-refractivity contribution in [2.24, 2.45) is 0 Å². The maximum absolute atomic E-state index is 13.0. The molecule has 2 aromatic rings. The molecule has 0 aliphatic rings. The van der Waals surface area contributed by atoms with Crippen LogP contribution in [0.1, 0.15) is 24.6 Å². The molecule has 0 unspecified atom stereocenters. The van der Waals surface area contributed by atoms with E-state index in [1.165, 1.54) is 18.2 Å². The highest BCUT2D eigenvalue weighted by molar-refractivity contribution is 9.10. The standard InChI is InChI=1S/C14H12BrF3N2O/c1-2-5-10-11(15)13(21)20-12(19-10)8-6-3-4-7-9(8)14(16,17)18/h3-4,6-7H,2,5H2,1H3,(H,19,20,21). The lowest BCUT2D eigenvalue weighted by Crippen LogP contribution is -2.15. The van der Waals surface area contributed by atoms with E-state index in [9.17, 15) is 18.0 Å². The third-order valence-electron chi connectivity index (χ3n) is 2.91. The molecule has 0 fully saturated rings. The summed E-state index contributed by atoms with van der Waals surface area (Å²) in [5.41, 5.74) is -0.987. The van der Waals surface area contributed by atoms with E-state index in [1.807, 2.05) is 6.92 Å². The Labute approximate surface area is 127 Å². The Kier molecular flexibility index (Phi) is 4.51. The molecule has 7 heteroatoms. The van der Waals surface area contributed by atoms with Crippen LogP contribution in [0.25, 0.3) is 11.4 Å². The second-order valence-electron chi connectivity index (χ2n) is 4.47. The van der Waals surface area contributed by atoms with E-state index in [0.29, 0.717) is 12.1 Å². The fourth-order valence-electron chi connectivity index (χ4n) is 1.97. The van der Waals surface area contributed by atoms with Crippen molar-refractivity contribution in [2.45, 2.75) is 25.9 Å². The largest absolute Gasteiger partial charge is 0.417 e. The van der Waals surface area contributed by atoms with Gasteiger partial charge in [-0.15, -0.1) is 0 Å². The Morgan fingerprint density at radius 1 is 1.29 bits per heavy atom. The molecule has 2 rings (SSSR count). The lowest BCUT2D eigenvalue weighted by molar-refractivity contribution is -0.137. The van der Waals surface area contributed by atoms with Gasteiger partial charge in [0, 0.05) is 5.56 Å². The van der Waals surface area contributed by atoms with Gasteiger partial charge in [-0.1, -0.05) is 31.5 Å². The molecule has 0 spiro atoms. The number of nitrogens with one attached hydrogen (secondary N) is 1. The van der Waals surface area contributed by atoms with Crippen molar-refractivity contribution >= 4 is 15.9 Å². The van der Waals surface area contributed by atoms with Gasteiger partial charge in [0.15, 0.2) is 0 Å². The normalized spacial score (nSPS) is 11.7. The van der Waals surface area contributed by atoms with Crippen molar-refractivity contribution in [1.29, 1.82) is 0 Å². The maximum Gasteiger partial charge on any atom is 0.417 e. The lowest BCUT2D eigenvalue weighted by atomic mass is 10.1. The topological polar surface area (TPSA) is 45.8 Å². The summed E-state index contributed by atoms with van der Waals surface area (Å²) in [6, 6.07) is 5.05. The molecule has 112 valence electrons. The van der Waals surface area contributed by atoms with Crippen LogP contribution >= 0.6 is 15.9 Å². The zero-order valence-electron chi connectivity index (χ0n) is 11.1. The van der Waals surface area contributed by atoms with Crippen LogP contribution in [0.15, 0.2) is 33.5 Å². The Bertz CT molecular complexity index is 710. The van der Waals surface area contributed by atoms with E-state index in [2.05, 4.69) is 25.9 Å². The predicted molar refractivity (Wildman–Crippen MR) is 77.0 cm³/mol. The number of aromatic nitrogens is 2. The second-order valence-corrected chi connectivity index (χ2v) is 5.26. The number of aromatic amines is 1. The van der Waals surface area contributed by atoms with Gasteiger partial charge >= 0.3 is 6.18 Å². The number of aryl methyl sites for hydroxylation is 1. The Hall–Kier alpha value is -1.63.